The molecule has 0 amide bonds. The second-order valence-corrected chi connectivity index (χ2v) is 11.8. The fourth-order valence-electron chi connectivity index (χ4n) is 3.51. The van der Waals surface area contributed by atoms with Crippen LogP contribution in [0.25, 0.3) is 0 Å². The number of hydrogen-bond donors (Lipinski definition) is 0. The minimum Gasteiger partial charge on any atom is -0.205 e. The first-order chi connectivity index (χ1) is 13.3. The average molecular weight is 407 g/mol. The van der Waals surface area contributed by atoms with Crippen molar-refractivity contribution in [3.8, 4) is 0 Å². The van der Waals surface area contributed by atoms with Crippen LogP contribution >= 0.6 is 30.4 Å². The lowest BCUT2D eigenvalue weighted by Gasteiger charge is -2.26. The van der Waals surface area contributed by atoms with Crippen molar-refractivity contribution >= 4 is 51.7 Å². The predicted octanol–water partition coefficient (Wildman–Crippen LogP) is 4.79. The topological polar surface area (TPSA) is 12.9 Å². The van der Waals surface area contributed by atoms with Crippen LogP contribution in [-0.4, -0.2) is 11.2 Å². The van der Waals surface area contributed by atoms with Crippen LogP contribution in [0.5, 0.6) is 0 Å². The number of rotatable bonds is 5. The summed E-state index contributed by atoms with van der Waals surface area (Å²) in [5, 5.41) is 5.18. The number of benzene rings is 3. The molecule has 0 unspecified atom stereocenters. The van der Waals surface area contributed by atoms with Crippen molar-refractivity contribution in [3.63, 3.8) is 0 Å². The maximum atomic E-state index is 5.13. The van der Waals surface area contributed by atoms with Crippen LogP contribution in [0, 0.1) is 6.92 Å². The summed E-state index contributed by atoms with van der Waals surface area (Å²) < 4.78 is 1.32. The number of thiazole rings is 1. The average Bonchev–Trinajstić information content (AvgIpc) is 3.12. The zero-order valence-electron chi connectivity index (χ0n) is 15.4. The SMILES string of the molecule is CSc1sc(C)nc1[P+](c1ccccc1)(c1ccccc1)c1ccccc1. The Balaban J connectivity index is 2.16. The van der Waals surface area contributed by atoms with Crippen molar-refractivity contribution in [3.05, 3.63) is 96.0 Å². The Bertz CT molecular complexity index is 918. The van der Waals surface area contributed by atoms with Gasteiger partial charge in [0, 0.05) is 0 Å². The van der Waals surface area contributed by atoms with E-state index in [-0.39, 0.29) is 0 Å². The third kappa shape index (κ3) is 3.25. The predicted molar refractivity (Wildman–Crippen MR) is 123 cm³/mol. The Morgan fingerprint density at radius 3 is 1.48 bits per heavy atom. The molecule has 0 saturated carbocycles. The molecule has 134 valence electrons. The molecule has 0 aliphatic carbocycles. The first-order valence-electron chi connectivity index (χ1n) is 8.84. The van der Waals surface area contributed by atoms with Gasteiger partial charge < -0.3 is 0 Å². The third-order valence-corrected chi connectivity index (χ3v) is 11.2. The monoisotopic (exact) mass is 406 g/mol. The number of aromatic nitrogens is 1. The van der Waals surface area contributed by atoms with Crippen LogP contribution < -0.4 is 21.3 Å². The van der Waals surface area contributed by atoms with Crippen LogP contribution in [0.1, 0.15) is 5.01 Å². The first-order valence-corrected chi connectivity index (χ1v) is 12.7. The van der Waals surface area contributed by atoms with E-state index >= 15 is 0 Å². The number of thioether (sulfide) groups is 1. The molecule has 0 aliphatic rings. The summed E-state index contributed by atoms with van der Waals surface area (Å²) in [5.74, 6) is 0. The van der Waals surface area contributed by atoms with E-state index < -0.39 is 7.26 Å². The number of nitrogens with zero attached hydrogens (tertiary/aromatic N) is 1. The second kappa shape index (κ2) is 7.98. The molecule has 0 fully saturated rings. The van der Waals surface area contributed by atoms with Gasteiger partial charge in [0.2, 0.25) is 5.44 Å². The fourth-order valence-corrected chi connectivity index (χ4v) is 10.3. The molecule has 0 N–H and O–H groups in total. The molecule has 0 saturated heterocycles. The second-order valence-electron chi connectivity index (χ2n) is 6.23. The van der Waals surface area contributed by atoms with Crippen molar-refractivity contribution in [2.24, 2.45) is 0 Å². The van der Waals surface area contributed by atoms with Gasteiger partial charge in [0.1, 0.15) is 20.1 Å². The van der Waals surface area contributed by atoms with Gasteiger partial charge in [0.15, 0.2) is 7.26 Å². The molecule has 1 heterocycles. The van der Waals surface area contributed by atoms with Gasteiger partial charge >= 0.3 is 0 Å². The maximum absolute atomic E-state index is 5.13. The van der Waals surface area contributed by atoms with Crippen molar-refractivity contribution in [1.29, 1.82) is 0 Å². The molecule has 27 heavy (non-hydrogen) atoms. The molecule has 0 radical (unpaired) electrons. The van der Waals surface area contributed by atoms with Crippen LogP contribution in [0.15, 0.2) is 95.2 Å². The third-order valence-electron chi connectivity index (χ3n) is 4.62. The minimum atomic E-state index is -2.06. The van der Waals surface area contributed by atoms with Gasteiger partial charge in [-0.2, -0.15) is 0 Å². The Labute approximate surface area is 169 Å². The van der Waals surface area contributed by atoms with E-state index in [9.17, 15) is 0 Å². The van der Waals surface area contributed by atoms with Crippen molar-refractivity contribution in [2.75, 3.05) is 6.26 Å². The molecule has 0 bridgehead atoms. The van der Waals surface area contributed by atoms with E-state index in [2.05, 4.69) is 104 Å². The van der Waals surface area contributed by atoms with E-state index in [1.807, 2.05) is 11.8 Å². The molecule has 0 atom stereocenters. The van der Waals surface area contributed by atoms with Gasteiger partial charge in [-0.25, -0.2) is 4.98 Å². The number of aryl methyl sites for hydroxylation is 1. The standard InChI is InChI=1S/C23H21NPS2/c1-18-24-22(23(26-2)27-18)25(19-12-6-3-7-13-19,20-14-8-4-9-15-20)21-16-10-5-11-17-21/h3-17H,1-2H3/q+1. The first kappa shape index (κ1) is 18.4. The van der Waals surface area contributed by atoms with Gasteiger partial charge in [-0.05, 0) is 49.6 Å². The molecule has 0 spiro atoms. The lowest BCUT2D eigenvalue weighted by atomic mass is 10.4. The molecule has 4 heteroatoms. The minimum absolute atomic E-state index is 1.13. The molecule has 1 aromatic heterocycles. The maximum Gasteiger partial charge on any atom is 0.223 e. The normalized spacial score (nSPS) is 11.5. The molecule has 4 aromatic rings. The molecule has 4 rings (SSSR count). The van der Waals surface area contributed by atoms with Crippen LogP contribution in [0.2, 0.25) is 0 Å². The lowest BCUT2D eigenvalue weighted by molar-refractivity contribution is 1.32. The highest BCUT2D eigenvalue weighted by atomic mass is 32.2. The van der Waals surface area contributed by atoms with Crippen LogP contribution in [0.4, 0.5) is 0 Å². The highest BCUT2D eigenvalue weighted by Crippen LogP contribution is 2.56. The highest BCUT2D eigenvalue weighted by molar-refractivity contribution is 8.05. The Morgan fingerprint density at radius 2 is 1.11 bits per heavy atom. The number of hydrogen-bond acceptors (Lipinski definition) is 3. The molecular formula is C23H21NPS2+. The van der Waals surface area contributed by atoms with Gasteiger partial charge in [-0.3, -0.25) is 0 Å². The fraction of sp³-hybridized carbons (Fsp3) is 0.0870. The van der Waals surface area contributed by atoms with Gasteiger partial charge in [0.05, 0.1) is 5.01 Å². The van der Waals surface area contributed by atoms with E-state index in [1.165, 1.54) is 25.6 Å². The van der Waals surface area contributed by atoms with E-state index in [4.69, 9.17) is 4.98 Å². The molecule has 0 aliphatic heterocycles. The highest BCUT2D eigenvalue weighted by Gasteiger charge is 2.51. The molecule has 3 aromatic carbocycles. The Kier molecular flexibility index (Phi) is 5.45. The quantitative estimate of drug-likeness (QED) is 0.349. The van der Waals surface area contributed by atoms with Crippen molar-refractivity contribution in [2.45, 2.75) is 11.1 Å². The molecule has 1 nitrogen and oxygen atoms in total. The Morgan fingerprint density at radius 1 is 0.704 bits per heavy atom. The molecular weight excluding hydrogens is 385 g/mol. The summed E-state index contributed by atoms with van der Waals surface area (Å²) in [5.41, 5.74) is 1.24. The smallest absolute Gasteiger partial charge is 0.205 e. The van der Waals surface area contributed by atoms with Gasteiger partial charge in [-0.15, -0.1) is 23.1 Å². The zero-order chi connectivity index (χ0) is 18.7. The summed E-state index contributed by atoms with van der Waals surface area (Å²) >= 11 is 3.62. The summed E-state index contributed by atoms with van der Waals surface area (Å²) in [4.78, 5) is 5.13. The van der Waals surface area contributed by atoms with Crippen molar-refractivity contribution in [1.82, 2.24) is 4.98 Å². The van der Waals surface area contributed by atoms with Gasteiger partial charge in [-0.1, -0.05) is 54.6 Å². The van der Waals surface area contributed by atoms with Gasteiger partial charge in [0.25, 0.3) is 0 Å². The zero-order valence-corrected chi connectivity index (χ0v) is 17.9. The summed E-state index contributed by atoms with van der Waals surface area (Å²) in [6.07, 6.45) is 2.16. The van der Waals surface area contributed by atoms with E-state index in [0.29, 0.717) is 0 Å². The Hall–Kier alpha value is -1.93. The summed E-state index contributed by atoms with van der Waals surface area (Å²) in [6.45, 7) is 2.11. The summed E-state index contributed by atoms with van der Waals surface area (Å²) in [7, 11) is -2.06. The van der Waals surface area contributed by atoms with Crippen LogP contribution in [-0.2, 0) is 0 Å². The largest absolute Gasteiger partial charge is 0.223 e. The van der Waals surface area contributed by atoms with E-state index in [1.54, 1.807) is 11.3 Å². The van der Waals surface area contributed by atoms with Crippen molar-refractivity contribution < 1.29 is 0 Å². The van der Waals surface area contributed by atoms with Crippen LogP contribution in [0.3, 0.4) is 0 Å². The summed E-state index contributed by atoms with van der Waals surface area (Å²) in [6, 6.07) is 32.8. The van der Waals surface area contributed by atoms with E-state index in [0.717, 1.165) is 5.01 Å². The lowest BCUT2D eigenvalue weighted by Crippen LogP contribution is -2.39.